The number of unbranched alkanes of at least 4 members (excludes halogenated alkanes) is 18. The molecule has 0 radical (unpaired) electrons. The Balaban J connectivity index is 5.58. The van der Waals surface area contributed by atoms with Gasteiger partial charge in [0.1, 0.15) is 19.3 Å². The van der Waals surface area contributed by atoms with Gasteiger partial charge in [0.25, 0.3) is 0 Å². The minimum Gasteiger partial charge on any atom is -0.456 e. The molecular formula is C59H104N2O7P+. The lowest BCUT2D eigenvalue weighted by Crippen LogP contribution is -2.47. The van der Waals surface area contributed by atoms with Crippen molar-refractivity contribution in [3.05, 3.63) is 97.2 Å². The maximum absolute atomic E-state index is 13.4. The second-order valence-electron chi connectivity index (χ2n) is 19.4. The second-order valence-corrected chi connectivity index (χ2v) is 20.8. The molecule has 1 amide bonds. The van der Waals surface area contributed by atoms with Gasteiger partial charge in [-0.2, -0.15) is 0 Å². The van der Waals surface area contributed by atoms with Crippen LogP contribution in [0.4, 0.5) is 0 Å². The van der Waals surface area contributed by atoms with E-state index >= 15 is 0 Å². The molecule has 9 nitrogen and oxygen atoms in total. The minimum atomic E-state index is -4.47. The maximum atomic E-state index is 13.4. The average Bonchev–Trinajstić information content (AvgIpc) is 3.31. The number of nitrogens with one attached hydrogen (secondary N) is 1. The van der Waals surface area contributed by atoms with Gasteiger partial charge >= 0.3 is 13.8 Å². The molecule has 396 valence electrons. The van der Waals surface area contributed by atoms with Crippen molar-refractivity contribution in [3.8, 4) is 0 Å². The highest BCUT2D eigenvalue weighted by molar-refractivity contribution is 7.47. The van der Waals surface area contributed by atoms with Gasteiger partial charge in [0.2, 0.25) is 5.91 Å². The fourth-order valence-corrected chi connectivity index (χ4v) is 8.00. The number of carbonyl (C=O) groups excluding carboxylic acids is 2. The summed E-state index contributed by atoms with van der Waals surface area (Å²) in [6.07, 6.45) is 64.3. The van der Waals surface area contributed by atoms with Crippen molar-refractivity contribution >= 4 is 19.7 Å². The van der Waals surface area contributed by atoms with E-state index in [9.17, 15) is 19.0 Å². The summed E-state index contributed by atoms with van der Waals surface area (Å²) in [5, 5.41) is 2.99. The summed E-state index contributed by atoms with van der Waals surface area (Å²) in [6, 6.07) is -0.904. The zero-order chi connectivity index (χ0) is 50.8. The monoisotopic (exact) mass is 984 g/mol. The van der Waals surface area contributed by atoms with E-state index in [1.54, 1.807) is 0 Å². The molecular weight excluding hydrogens is 880 g/mol. The molecule has 0 aliphatic carbocycles. The second kappa shape index (κ2) is 48.6. The number of hydrogen-bond donors (Lipinski definition) is 2. The smallest absolute Gasteiger partial charge is 0.456 e. The van der Waals surface area contributed by atoms with E-state index in [1.807, 2.05) is 39.4 Å². The van der Waals surface area contributed by atoms with Gasteiger partial charge in [0.15, 0.2) is 0 Å². The molecule has 0 bridgehead atoms. The largest absolute Gasteiger partial charge is 0.472 e. The molecule has 0 aromatic heterocycles. The number of rotatable bonds is 48. The fraction of sp³-hybridized carbons (Fsp3) is 0.695. The van der Waals surface area contributed by atoms with Crippen molar-refractivity contribution in [3.63, 3.8) is 0 Å². The van der Waals surface area contributed by atoms with Crippen LogP contribution in [0, 0.1) is 0 Å². The summed E-state index contributed by atoms with van der Waals surface area (Å²) in [5.41, 5.74) is 0. The van der Waals surface area contributed by atoms with Crippen LogP contribution in [0.2, 0.25) is 0 Å². The van der Waals surface area contributed by atoms with E-state index < -0.39 is 25.9 Å². The zero-order valence-electron chi connectivity index (χ0n) is 45.0. The number of ether oxygens (including phenoxy) is 1. The first-order valence-corrected chi connectivity index (χ1v) is 29.1. The molecule has 10 heteroatoms. The third-order valence-corrected chi connectivity index (χ3v) is 12.5. The quantitative estimate of drug-likeness (QED) is 0.0205. The molecule has 0 saturated carbocycles. The highest BCUT2D eigenvalue weighted by Crippen LogP contribution is 2.43. The van der Waals surface area contributed by atoms with E-state index in [1.165, 1.54) is 96.3 Å². The lowest BCUT2D eigenvalue weighted by Gasteiger charge is -2.27. The third kappa shape index (κ3) is 49.7. The first-order valence-electron chi connectivity index (χ1n) is 27.6. The molecule has 0 heterocycles. The molecule has 69 heavy (non-hydrogen) atoms. The van der Waals surface area contributed by atoms with Gasteiger partial charge < -0.3 is 19.4 Å². The predicted molar refractivity (Wildman–Crippen MR) is 295 cm³/mol. The summed E-state index contributed by atoms with van der Waals surface area (Å²) in [5.74, 6) is -0.659. The van der Waals surface area contributed by atoms with Crippen molar-refractivity contribution in [2.75, 3.05) is 40.9 Å². The summed E-state index contributed by atoms with van der Waals surface area (Å²) in [4.78, 5) is 37.4. The number of hydrogen-bond acceptors (Lipinski definition) is 6. The van der Waals surface area contributed by atoms with Crippen LogP contribution in [0.25, 0.3) is 0 Å². The number of amides is 1. The van der Waals surface area contributed by atoms with E-state index in [0.717, 1.165) is 70.6 Å². The van der Waals surface area contributed by atoms with Crippen LogP contribution in [-0.4, -0.2) is 74.3 Å². The van der Waals surface area contributed by atoms with E-state index in [2.05, 4.69) is 105 Å². The van der Waals surface area contributed by atoms with Gasteiger partial charge in [-0.1, -0.05) is 208 Å². The lowest BCUT2D eigenvalue weighted by atomic mass is 10.0. The molecule has 0 fully saturated rings. The number of allylic oxidation sites excluding steroid dienone is 15. The normalized spacial score (nSPS) is 14.6. The van der Waals surface area contributed by atoms with Crippen molar-refractivity contribution < 1.29 is 37.3 Å². The number of nitrogens with zero attached hydrogens (tertiary/aromatic N) is 1. The molecule has 0 spiro atoms. The molecule has 2 N–H and O–H groups in total. The third-order valence-electron chi connectivity index (χ3n) is 11.5. The standard InChI is InChI=1S/C59H103N2O7P/c1-7-10-13-16-19-22-25-28-29-30-31-34-36-39-42-45-48-51-58(62)60-56(55-67-69(64,65)66-54-53-61(4,5)6)57(50-47-44-41-38-35-32-26-23-20-17-14-11-8-2)68-59(63)52-49-46-43-40-37-33-27-24-21-18-15-12-9-3/h10,13,19,22,28-29,31,33-34,37,39,42-43,46-47,50,56-57H,7-9,11-12,14-18,20-21,23-27,30,32,35-36,38,40-41,44-45,48-49,51-55H2,1-6H3,(H-,60,62,64,65)/p+1/b13-10-,22-19-,29-28-,34-31-,37-33-,42-39-,46-43+,50-47-. The fourth-order valence-electron chi connectivity index (χ4n) is 7.26. The summed E-state index contributed by atoms with van der Waals surface area (Å²) in [6.45, 7) is 6.78. The molecule has 3 atom stereocenters. The Morgan fingerprint density at radius 2 is 0.942 bits per heavy atom. The summed E-state index contributed by atoms with van der Waals surface area (Å²) in [7, 11) is 1.42. The maximum Gasteiger partial charge on any atom is 0.472 e. The predicted octanol–water partition coefficient (Wildman–Crippen LogP) is 16.4. The van der Waals surface area contributed by atoms with Crippen LogP contribution in [0.5, 0.6) is 0 Å². The van der Waals surface area contributed by atoms with Crippen molar-refractivity contribution in [1.82, 2.24) is 5.32 Å². The average molecular weight is 984 g/mol. The van der Waals surface area contributed by atoms with Gasteiger partial charge in [-0.25, -0.2) is 4.57 Å². The molecule has 0 saturated heterocycles. The van der Waals surface area contributed by atoms with Gasteiger partial charge in [0.05, 0.1) is 33.8 Å². The van der Waals surface area contributed by atoms with Gasteiger partial charge in [-0.15, -0.1) is 0 Å². The van der Waals surface area contributed by atoms with Gasteiger partial charge in [0, 0.05) is 12.8 Å². The van der Waals surface area contributed by atoms with Crippen LogP contribution in [-0.2, 0) is 27.9 Å². The highest BCUT2D eigenvalue weighted by atomic mass is 31.2. The van der Waals surface area contributed by atoms with Crippen LogP contribution >= 0.6 is 7.82 Å². The zero-order valence-corrected chi connectivity index (χ0v) is 45.9. The molecule has 3 unspecified atom stereocenters. The molecule has 0 aliphatic rings. The van der Waals surface area contributed by atoms with Crippen LogP contribution in [0.15, 0.2) is 97.2 Å². The first kappa shape index (κ1) is 65.9. The highest BCUT2D eigenvalue weighted by Gasteiger charge is 2.30. The molecule has 0 aromatic carbocycles. The van der Waals surface area contributed by atoms with Crippen molar-refractivity contribution in [2.45, 2.75) is 226 Å². The summed E-state index contributed by atoms with van der Waals surface area (Å²) >= 11 is 0. The Morgan fingerprint density at radius 3 is 1.42 bits per heavy atom. The Bertz CT molecular complexity index is 1510. The number of likely N-dealkylation sites (N-methyl/N-ethyl adjacent to an activating group) is 1. The minimum absolute atomic E-state index is 0.0177. The molecule has 0 aliphatic heterocycles. The Hall–Kier alpha value is -3.07. The number of phosphoric acid groups is 1. The van der Waals surface area contributed by atoms with Gasteiger partial charge in [-0.05, 0) is 89.5 Å². The van der Waals surface area contributed by atoms with Crippen molar-refractivity contribution in [1.29, 1.82) is 0 Å². The lowest BCUT2D eigenvalue weighted by molar-refractivity contribution is -0.870. The Morgan fingerprint density at radius 1 is 0.522 bits per heavy atom. The van der Waals surface area contributed by atoms with E-state index in [-0.39, 0.29) is 32.0 Å². The number of esters is 1. The SMILES string of the molecule is CC/C=C\C/C=C\C/C=C\C/C=C\C/C=C\CCCC(=O)NC(COP(=O)(O)OCC[N+](C)(C)C)C(/C=C\CCCCCCCCCCCCC)OC(=O)CC/C=C/C/C=C\CCCCCCCC. The van der Waals surface area contributed by atoms with Crippen molar-refractivity contribution in [2.24, 2.45) is 0 Å². The summed E-state index contributed by atoms with van der Waals surface area (Å²) < 4.78 is 30.5. The van der Waals surface area contributed by atoms with Crippen LogP contribution < -0.4 is 5.32 Å². The molecule has 0 aromatic rings. The topological polar surface area (TPSA) is 111 Å². The molecule has 0 rings (SSSR count). The van der Waals surface area contributed by atoms with E-state index in [4.69, 9.17) is 13.8 Å². The Kier molecular flexibility index (Phi) is 46.4. The number of quaternary nitrogens is 1. The number of phosphoric ester groups is 1. The van der Waals surface area contributed by atoms with Gasteiger partial charge in [-0.3, -0.25) is 18.6 Å². The van der Waals surface area contributed by atoms with Crippen LogP contribution in [0.3, 0.4) is 0 Å². The van der Waals surface area contributed by atoms with Crippen LogP contribution in [0.1, 0.15) is 213 Å². The number of carbonyl (C=O) groups is 2. The van der Waals surface area contributed by atoms with E-state index in [0.29, 0.717) is 23.9 Å². The Labute approximate surface area is 424 Å². The first-order chi connectivity index (χ1) is 33.4.